The van der Waals surface area contributed by atoms with E-state index in [9.17, 15) is 15.2 Å². The molecule has 0 atom stereocenters. The fraction of sp³-hybridized carbons (Fsp3) is 0.0833. The van der Waals surface area contributed by atoms with Crippen molar-refractivity contribution in [2.45, 2.75) is 6.54 Å². The van der Waals surface area contributed by atoms with Crippen LogP contribution >= 0.6 is 11.3 Å². The van der Waals surface area contributed by atoms with E-state index in [1.807, 2.05) is 17.5 Å². The summed E-state index contributed by atoms with van der Waals surface area (Å²) in [5.41, 5.74) is 0.283. The molecule has 0 saturated carbocycles. The zero-order valence-electron chi connectivity index (χ0n) is 9.31. The largest absolute Gasteiger partial charge is 0.507 e. The standard InChI is InChI=1S/C12H10N2O3S/c15-12-4-3-10(14(16)17)6-9(12)7-13-8-11-2-1-5-18-11/h1-7,15H,8H2. The number of thiophene rings is 1. The summed E-state index contributed by atoms with van der Waals surface area (Å²) in [5.74, 6) is -0.0180. The minimum absolute atomic E-state index is 0.0180. The molecule has 2 rings (SSSR count). The summed E-state index contributed by atoms with van der Waals surface area (Å²) in [6, 6.07) is 7.74. The van der Waals surface area contributed by atoms with Crippen LogP contribution in [0.4, 0.5) is 5.69 Å². The van der Waals surface area contributed by atoms with Crippen molar-refractivity contribution in [3.05, 3.63) is 56.3 Å². The molecule has 2 aromatic rings. The van der Waals surface area contributed by atoms with Crippen LogP contribution in [0.25, 0.3) is 0 Å². The molecule has 0 fully saturated rings. The van der Waals surface area contributed by atoms with Crippen LogP contribution in [0.15, 0.2) is 40.7 Å². The normalized spacial score (nSPS) is 10.9. The number of benzene rings is 1. The maximum absolute atomic E-state index is 10.6. The number of nitro groups is 1. The molecule has 0 aliphatic carbocycles. The van der Waals surface area contributed by atoms with Gasteiger partial charge in [0.15, 0.2) is 0 Å². The number of hydrogen-bond donors (Lipinski definition) is 1. The summed E-state index contributed by atoms with van der Waals surface area (Å²) in [4.78, 5) is 15.3. The minimum Gasteiger partial charge on any atom is -0.507 e. The molecular formula is C12H10N2O3S. The fourth-order valence-corrected chi connectivity index (χ4v) is 2.03. The molecule has 6 heteroatoms. The summed E-state index contributed by atoms with van der Waals surface area (Å²) in [6.45, 7) is 0.500. The molecule has 1 aromatic heterocycles. The van der Waals surface area contributed by atoms with Gasteiger partial charge in [-0.05, 0) is 17.5 Å². The van der Waals surface area contributed by atoms with Crippen molar-refractivity contribution in [3.8, 4) is 5.75 Å². The molecule has 0 bridgehead atoms. The van der Waals surface area contributed by atoms with Gasteiger partial charge < -0.3 is 5.11 Å². The Morgan fingerprint density at radius 1 is 1.44 bits per heavy atom. The van der Waals surface area contributed by atoms with Crippen LogP contribution in [0, 0.1) is 10.1 Å². The third kappa shape index (κ3) is 2.92. The SMILES string of the molecule is O=[N+]([O-])c1ccc(O)c(C=NCc2cccs2)c1. The zero-order valence-corrected chi connectivity index (χ0v) is 10.1. The lowest BCUT2D eigenvalue weighted by Gasteiger charge is -1.98. The van der Waals surface area contributed by atoms with Crippen molar-refractivity contribution >= 4 is 23.2 Å². The van der Waals surface area contributed by atoms with E-state index >= 15 is 0 Å². The summed E-state index contributed by atoms with van der Waals surface area (Å²) in [6.07, 6.45) is 1.45. The van der Waals surface area contributed by atoms with Gasteiger partial charge in [0.05, 0.1) is 11.5 Å². The number of nitrogens with zero attached hydrogens (tertiary/aromatic N) is 2. The number of phenols is 1. The van der Waals surface area contributed by atoms with Crippen molar-refractivity contribution in [2.75, 3.05) is 0 Å². The lowest BCUT2D eigenvalue weighted by molar-refractivity contribution is -0.384. The highest BCUT2D eigenvalue weighted by molar-refractivity contribution is 7.09. The number of hydrogen-bond acceptors (Lipinski definition) is 5. The smallest absolute Gasteiger partial charge is 0.270 e. The van der Waals surface area contributed by atoms with E-state index in [0.717, 1.165) is 4.88 Å². The first-order chi connectivity index (χ1) is 8.66. The first-order valence-corrected chi connectivity index (χ1v) is 6.04. The summed E-state index contributed by atoms with van der Waals surface area (Å²) >= 11 is 1.59. The number of nitro benzene ring substituents is 1. The Kier molecular flexibility index (Phi) is 3.69. The quantitative estimate of drug-likeness (QED) is 0.523. The van der Waals surface area contributed by atoms with Gasteiger partial charge in [0.2, 0.25) is 0 Å². The van der Waals surface area contributed by atoms with Crippen LogP contribution in [0.2, 0.25) is 0 Å². The van der Waals surface area contributed by atoms with Gasteiger partial charge in [-0.2, -0.15) is 0 Å². The first-order valence-electron chi connectivity index (χ1n) is 5.16. The Morgan fingerprint density at radius 3 is 2.94 bits per heavy atom. The molecule has 18 heavy (non-hydrogen) atoms. The van der Waals surface area contributed by atoms with E-state index in [0.29, 0.717) is 12.1 Å². The number of phenolic OH excluding ortho intramolecular Hbond substituents is 1. The molecule has 0 spiro atoms. The Hall–Kier alpha value is -2.21. The molecule has 0 saturated heterocycles. The van der Waals surface area contributed by atoms with Crippen LogP contribution in [-0.4, -0.2) is 16.2 Å². The second kappa shape index (κ2) is 5.42. The fourth-order valence-electron chi connectivity index (χ4n) is 1.40. The third-order valence-electron chi connectivity index (χ3n) is 2.28. The molecule has 0 amide bonds. The second-order valence-electron chi connectivity index (χ2n) is 3.55. The van der Waals surface area contributed by atoms with Gasteiger partial charge >= 0.3 is 0 Å². The molecule has 0 aliphatic heterocycles. The van der Waals surface area contributed by atoms with Crippen LogP contribution < -0.4 is 0 Å². The predicted molar refractivity (Wildman–Crippen MR) is 70.4 cm³/mol. The Labute approximate surface area is 107 Å². The average Bonchev–Trinajstić information content (AvgIpc) is 2.84. The Bertz CT molecular complexity index is 579. The molecule has 92 valence electrons. The van der Waals surface area contributed by atoms with E-state index in [1.54, 1.807) is 11.3 Å². The van der Waals surface area contributed by atoms with E-state index in [2.05, 4.69) is 4.99 Å². The second-order valence-corrected chi connectivity index (χ2v) is 4.58. The van der Waals surface area contributed by atoms with E-state index < -0.39 is 4.92 Å². The third-order valence-corrected chi connectivity index (χ3v) is 3.14. The van der Waals surface area contributed by atoms with Gasteiger partial charge in [-0.25, -0.2) is 0 Å². The number of aliphatic imine (C=N–C) groups is 1. The molecule has 5 nitrogen and oxygen atoms in total. The summed E-state index contributed by atoms with van der Waals surface area (Å²) in [7, 11) is 0. The van der Waals surface area contributed by atoms with Crippen LogP contribution in [0.1, 0.15) is 10.4 Å². The van der Waals surface area contributed by atoms with Gasteiger partial charge in [0, 0.05) is 28.8 Å². The van der Waals surface area contributed by atoms with Gasteiger partial charge in [0.25, 0.3) is 5.69 Å². The lowest BCUT2D eigenvalue weighted by atomic mass is 10.2. The molecule has 1 aromatic carbocycles. The Morgan fingerprint density at radius 2 is 2.28 bits per heavy atom. The van der Waals surface area contributed by atoms with E-state index in [-0.39, 0.29) is 11.4 Å². The van der Waals surface area contributed by atoms with Crippen molar-refractivity contribution in [2.24, 2.45) is 4.99 Å². The number of rotatable bonds is 4. The molecule has 1 N–H and O–H groups in total. The van der Waals surface area contributed by atoms with Gasteiger partial charge in [-0.15, -0.1) is 11.3 Å². The maximum atomic E-state index is 10.6. The van der Waals surface area contributed by atoms with Gasteiger partial charge in [0.1, 0.15) is 5.75 Å². The summed E-state index contributed by atoms with van der Waals surface area (Å²) in [5, 5.41) is 22.1. The van der Waals surface area contributed by atoms with Crippen LogP contribution in [0.3, 0.4) is 0 Å². The molecular weight excluding hydrogens is 252 g/mol. The highest BCUT2D eigenvalue weighted by Gasteiger charge is 2.08. The highest BCUT2D eigenvalue weighted by Crippen LogP contribution is 2.21. The average molecular weight is 262 g/mol. The first kappa shape index (κ1) is 12.3. The number of non-ortho nitro benzene ring substituents is 1. The van der Waals surface area contributed by atoms with Crippen molar-refractivity contribution < 1.29 is 10.0 Å². The van der Waals surface area contributed by atoms with Crippen molar-refractivity contribution in [1.82, 2.24) is 0 Å². The topological polar surface area (TPSA) is 75.7 Å². The minimum atomic E-state index is -0.504. The molecule has 0 unspecified atom stereocenters. The van der Waals surface area contributed by atoms with Gasteiger partial charge in [-0.1, -0.05) is 6.07 Å². The van der Waals surface area contributed by atoms with Crippen LogP contribution in [-0.2, 0) is 6.54 Å². The summed E-state index contributed by atoms with van der Waals surface area (Å²) < 4.78 is 0. The van der Waals surface area contributed by atoms with Crippen LogP contribution in [0.5, 0.6) is 5.75 Å². The lowest BCUT2D eigenvalue weighted by Crippen LogP contribution is -1.90. The molecule has 0 radical (unpaired) electrons. The Balaban J connectivity index is 2.15. The predicted octanol–water partition coefficient (Wildman–Crippen LogP) is 2.98. The number of aromatic hydroxyl groups is 1. The van der Waals surface area contributed by atoms with E-state index in [1.165, 1.54) is 24.4 Å². The van der Waals surface area contributed by atoms with Crippen molar-refractivity contribution in [3.63, 3.8) is 0 Å². The van der Waals surface area contributed by atoms with Gasteiger partial charge in [-0.3, -0.25) is 15.1 Å². The zero-order chi connectivity index (χ0) is 13.0. The molecule has 1 heterocycles. The van der Waals surface area contributed by atoms with Crippen molar-refractivity contribution in [1.29, 1.82) is 0 Å². The van der Waals surface area contributed by atoms with E-state index in [4.69, 9.17) is 0 Å². The molecule has 0 aliphatic rings. The maximum Gasteiger partial charge on any atom is 0.270 e. The highest BCUT2D eigenvalue weighted by atomic mass is 32.1. The monoisotopic (exact) mass is 262 g/mol.